The average Bonchev–Trinajstić information content (AvgIpc) is 2.36. The largest absolute Gasteiger partial charge is 0.441 e. The topological polar surface area (TPSA) is 66.8 Å². The van der Waals surface area contributed by atoms with Crippen LogP contribution in [0, 0.1) is 5.92 Å². The van der Waals surface area contributed by atoms with Crippen LogP contribution in [0.2, 0.25) is 0 Å². The molecule has 0 spiro atoms. The third-order valence-electron chi connectivity index (χ3n) is 3.18. The molecule has 0 saturated carbocycles. The van der Waals surface area contributed by atoms with E-state index in [0.717, 1.165) is 5.56 Å². The highest BCUT2D eigenvalue weighted by molar-refractivity contribution is 5.86. The normalized spacial score (nSPS) is 23.7. The first-order valence-electron chi connectivity index (χ1n) is 6.20. The van der Waals surface area contributed by atoms with E-state index in [9.17, 15) is 14.7 Å². The maximum absolute atomic E-state index is 12.0. The molecular formula is C14H17NO4. The van der Waals surface area contributed by atoms with Gasteiger partial charge in [0.1, 0.15) is 5.92 Å². The van der Waals surface area contributed by atoms with Gasteiger partial charge in [0, 0.05) is 13.5 Å². The van der Waals surface area contributed by atoms with Gasteiger partial charge >= 0.3 is 5.97 Å². The minimum absolute atomic E-state index is 0.190. The van der Waals surface area contributed by atoms with E-state index in [1.54, 1.807) is 0 Å². The number of carbonyl (C=O) groups excluding carboxylic acids is 2. The summed E-state index contributed by atoms with van der Waals surface area (Å²) in [6.45, 7) is 3.20. The quantitative estimate of drug-likeness (QED) is 0.648. The standard InChI is InChI=1S/C14H17NO4/c1-9(16)12-13(18)15(14(12)19-10(2)17)8-11-6-4-3-5-7-11/h3-7,9,12,14,16H,8H2,1-2H3/t9-,12+,14-/m1/s1. The molecule has 1 heterocycles. The molecule has 0 aliphatic carbocycles. The number of esters is 1. The summed E-state index contributed by atoms with van der Waals surface area (Å²) in [6, 6.07) is 9.45. The number of carbonyl (C=O) groups is 2. The van der Waals surface area contributed by atoms with Crippen LogP contribution in [0.15, 0.2) is 30.3 Å². The van der Waals surface area contributed by atoms with Gasteiger partial charge in [-0.25, -0.2) is 0 Å². The summed E-state index contributed by atoms with van der Waals surface area (Å²) in [6.07, 6.45) is -1.51. The zero-order chi connectivity index (χ0) is 14.0. The number of ether oxygens (including phenoxy) is 1. The number of rotatable bonds is 4. The van der Waals surface area contributed by atoms with Crippen LogP contribution in [0.5, 0.6) is 0 Å². The first kappa shape index (κ1) is 13.5. The number of hydrogen-bond donors (Lipinski definition) is 1. The number of aliphatic hydroxyl groups is 1. The molecule has 1 fully saturated rings. The molecule has 0 radical (unpaired) electrons. The summed E-state index contributed by atoms with van der Waals surface area (Å²) in [5.74, 6) is -1.31. The second-order valence-corrected chi connectivity index (χ2v) is 4.72. The minimum atomic E-state index is -0.830. The van der Waals surface area contributed by atoms with E-state index in [2.05, 4.69) is 0 Å². The smallest absolute Gasteiger partial charge is 0.304 e. The fourth-order valence-electron chi connectivity index (χ4n) is 2.25. The number of likely N-dealkylation sites (tertiary alicyclic amines) is 1. The van der Waals surface area contributed by atoms with Gasteiger partial charge in [-0.2, -0.15) is 0 Å². The second-order valence-electron chi connectivity index (χ2n) is 4.72. The van der Waals surface area contributed by atoms with Crippen molar-refractivity contribution < 1.29 is 19.4 Å². The summed E-state index contributed by atoms with van der Waals surface area (Å²) in [5.41, 5.74) is 0.956. The predicted octanol–water partition coefficient (Wildman–Crippen LogP) is 0.915. The molecule has 0 unspecified atom stereocenters. The van der Waals surface area contributed by atoms with Crippen LogP contribution in [0.4, 0.5) is 0 Å². The van der Waals surface area contributed by atoms with E-state index in [0.29, 0.717) is 6.54 Å². The molecule has 0 bridgehead atoms. The van der Waals surface area contributed by atoms with Crippen LogP contribution >= 0.6 is 0 Å². The Balaban J connectivity index is 2.10. The molecule has 1 N–H and O–H groups in total. The van der Waals surface area contributed by atoms with Crippen LogP contribution in [-0.2, 0) is 20.9 Å². The van der Waals surface area contributed by atoms with Crippen molar-refractivity contribution in [1.82, 2.24) is 4.90 Å². The number of hydrogen-bond acceptors (Lipinski definition) is 4. The number of β-lactam (4-membered cyclic amide) rings is 1. The average molecular weight is 263 g/mol. The van der Waals surface area contributed by atoms with Gasteiger partial charge in [-0.3, -0.25) is 9.59 Å². The zero-order valence-electron chi connectivity index (χ0n) is 10.9. The third-order valence-corrected chi connectivity index (χ3v) is 3.18. The van der Waals surface area contributed by atoms with E-state index < -0.39 is 24.2 Å². The van der Waals surface area contributed by atoms with E-state index in [1.165, 1.54) is 18.7 Å². The van der Waals surface area contributed by atoms with Gasteiger partial charge < -0.3 is 14.7 Å². The van der Waals surface area contributed by atoms with Gasteiger partial charge in [-0.05, 0) is 12.5 Å². The Hall–Kier alpha value is -1.88. The molecule has 1 aliphatic rings. The lowest BCUT2D eigenvalue weighted by Crippen LogP contribution is -2.65. The SMILES string of the molecule is CC(=O)O[C@@H]1[C@@H]([C@@H](C)O)C(=O)N1Cc1ccccc1. The van der Waals surface area contributed by atoms with Gasteiger partial charge in [0.2, 0.25) is 5.91 Å². The molecule has 19 heavy (non-hydrogen) atoms. The number of nitrogens with zero attached hydrogens (tertiary/aromatic N) is 1. The second kappa shape index (κ2) is 5.40. The lowest BCUT2D eigenvalue weighted by atomic mass is 9.90. The first-order valence-corrected chi connectivity index (χ1v) is 6.20. The van der Waals surface area contributed by atoms with E-state index >= 15 is 0 Å². The Morgan fingerprint density at radius 1 is 1.42 bits per heavy atom. The Labute approximate surface area is 111 Å². The highest BCUT2D eigenvalue weighted by Gasteiger charge is 2.51. The first-order chi connectivity index (χ1) is 9.00. The fourth-order valence-corrected chi connectivity index (χ4v) is 2.25. The van der Waals surface area contributed by atoms with E-state index in [4.69, 9.17) is 4.74 Å². The fraction of sp³-hybridized carbons (Fsp3) is 0.429. The Morgan fingerprint density at radius 3 is 2.58 bits per heavy atom. The van der Waals surface area contributed by atoms with Crippen LogP contribution in [0.25, 0.3) is 0 Å². The molecular weight excluding hydrogens is 246 g/mol. The molecule has 102 valence electrons. The molecule has 2 rings (SSSR count). The van der Waals surface area contributed by atoms with Gasteiger partial charge in [-0.15, -0.1) is 0 Å². The van der Waals surface area contributed by atoms with Crippen molar-refractivity contribution in [3.8, 4) is 0 Å². The van der Waals surface area contributed by atoms with Gasteiger partial charge in [0.25, 0.3) is 0 Å². The summed E-state index contributed by atoms with van der Waals surface area (Å²) < 4.78 is 5.12. The van der Waals surface area contributed by atoms with Crippen LogP contribution < -0.4 is 0 Å². The van der Waals surface area contributed by atoms with Crippen molar-refractivity contribution in [2.45, 2.75) is 32.7 Å². The Morgan fingerprint density at radius 2 is 2.05 bits per heavy atom. The monoisotopic (exact) mass is 263 g/mol. The Bertz CT molecular complexity index is 472. The molecule has 0 aromatic heterocycles. The maximum Gasteiger partial charge on any atom is 0.304 e. The number of amides is 1. The molecule has 1 aliphatic heterocycles. The van der Waals surface area contributed by atoms with Crippen LogP contribution in [-0.4, -0.2) is 34.2 Å². The maximum atomic E-state index is 12.0. The van der Waals surface area contributed by atoms with Crippen molar-refractivity contribution in [3.05, 3.63) is 35.9 Å². The van der Waals surface area contributed by atoms with Crippen LogP contribution in [0.3, 0.4) is 0 Å². The molecule has 1 aromatic carbocycles. The van der Waals surface area contributed by atoms with E-state index in [1.807, 2.05) is 30.3 Å². The molecule has 5 heteroatoms. The number of aliphatic hydroxyl groups excluding tert-OH is 1. The van der Waals surface area contributed by atoms with Crippen molar-refractivity contribution >= 4 is 11.9 Å². The summed E-state index contributed by atoms with van der Waals surface area (Å²) in [7, 11) is 0. The highest BCUT2D eigenvalue weighted by Crippen LogP contribution is 2.32. The third kappa shape index (κ3) is 2.76. The van der Waals surface area contributed by atoms with Gasteiger partial charge in [0.15, 0.2) is 6.23 Å². The molecule has 1 amide bonds. The highest BCUT2D eigenvalue weighted by atomic mass is 16.6. The molecule has 1 saturated heterocycles. The predicted molar refractivity (Wildman–Crippen MR) is 67.7 cm³/mol. The van der Waals surface area contributed by atoms with Crippen molar-refractivity contribution in [2.24, 2.45) is 5.92 Å². The molecule has 3 atom stereocenters. The van der Waals surface area contributed by atoms with Crippen molar-refractivity contribution in [1.29, 1.82) is 0 Å². The van der Waals surface area contributed by atoms with Gasteiger partial charge in [-0.1, -0.05) is 30.3 Å². The Kier molecular flexibility index (Phi) is 3.85. The molecule has 1 aromatic rings. The van der Waals surface area contributed by atoms with Crippen molar-refractivity contribution in [2.75, 3.05) is 0 Å². The minimum Gasteiger partial charge on any atom is -0.441 e. The summed E-state index contributed by atoms with van der Waals surface area (Å²) in [5, 5.41) is 9.57. The summed E-state index contributed by atoms with van der Waals surface area (Å²) in [4.78, 5) is 24.5. The summed E-state index contributed by atoms with van der Waals surface area (Å²) >= 11 is 0. The lowest BCUT2D eigenvalue weighted by Gasteiger charge is -2.46. The molecule has 5 nitrogen and oxygen atoms in total. The lowest BCUT2D eigenvalue weighted by molar-refractivity contribution is -0.208. The van der Waals surface area contributed by atoms with E-state index in [-0.39, 0.29) is 5.91 Å². The van der Waals surface area contributed by atoms with Gasteiger partial charge in [0.05, 0.1) is 6.10 Å². The van der Waals surface area contributed by atoms with Crippen molar-refractivity contribution in [3.63, 3.8) is 0 Å². The zero-order valence-corrected chi connectivity index (χ0v) is 10.9. The number of benzene rings is 1. The van der Waals surface area contributed by atoms with Crippen LogP contribution in [0.1, 0.15) is 19.4 Å².